The summed E-state index contributed by atoms with van der Waals surface area (Å²) in [5.41, 5.74) is 3.08. The summed E-state index contributed by atoms with van der Waals surface area (Å²) in [5.74, 6) is 0. The lowest BCUT2D eigenvalue weighted by atomic mass is 10.1. The van der Waals surface area contributed by atoms with Crippen LogP contribution in [0.5, 0.6) is 0 Å². The molecule has 2 aliphatic rings. The van der Waals surface area contributed by atoms with E-state index in [9.17, 15) is 0 Å². The molecule has 0 aromatic carbocycles. The lowest BCUT2D eigenvalue weighted by molar-refractivity contribution is 0.234. The molecule has 0 amide bonds. The number of rotatable bonds is 1. The van der Waals surface area contributed by atoms with Crippen molar-refractivity contribution >= 4 is 12.4 Å². The van der Waals surface area contributed by atoms with Crippen LogP contribution in [0.15, 0.2) is 10.2 Å². The summed E-state index contributed by atoms with van der Waals surface area (Å²) >= 11 is 0. The Bertz CT molecular complexity index is 191. The van der Waals surface area contributed by atoms with E-state index >= 15 is 0 Å². The number of nitrogens with zero attached hydrogens (tertiary/aromatic N) is 3. The van der Waals surface area contributed by atoms with Crippen molar-refractivity contribution in [3.05, 3.63) is 0 Å². The molecule has 1 N–H and O–H groups in total. The van der Waals surface area contributed by atoms with E-state index in [1.807, 2.05) is 24.5 Å². The van der Waals surface area contributed by atoms with E-state index in [0.717, 1.165) is 12.8 Å². The van der Waals surface area contributed by atoms with Gasteiger partial charge < -0.3 is 5.43 Å². The third-order valence-corrected chi connectivity index (χ3v) is 2.25. The molecule has 0 aliphatic carbocycles. The molecule has 2 heterocycles. The Morgan fingerprint density at radius 3 is 2.91 bits per heavy atom. The number of nitrogens with one attached hydrogen (secondary N) is 1. The van der Waals surface area contributed by atoms with Crippen LogP contribution in [0.25, 0.3) is 0 Å². The van der Waals surface area contributed by atoms with Gasteiger partial charge in [-0.05, 0) is 0 Å². The largest absolute Gasteiger partial charge is 0.305 e. The fraction of sp³-hybridized carbons (Fsp3) is 0.714. The second-order valence-corrected chi connectivity index (χ2v) is 2.96. The third kappa shape index (κ3) is 1.08. The Hall–Kier alpha value is -1.06. The molecule has 0 spiro atoms. The maximum atomic E-state index is 4.17. The van der Waals surface area contributed by atoms with Crippen LogP contribution in [0.2, 0.25) is 0 Å². The molecular formula is C7H12N4. The standard InChI is InChI=1S/C7H12N4/c1-11-7(3-5-9-11)6-2-4-8-10-6/h4-7,10H,2-3H2,1H3/t6?,7-/m1/s1. The van der Waals surface area contributed by atoms with Crippen LogP contribution in [-0.2, 0) is 0 Å². The molecule has 2 aliphatic heterocycles. The van der Waals surface area contributed by atoms with Crippen molar-refractivity contribution in [1.29, 1.82) is 0 Å². The molecule has 1 unspecified atom stereocenters. The highest BCUT2D eigenvalue weighted by Gasteiger charge is 2.27. The zero-order valence-electron chi connectivity index (χ0n) is 6.57. The zero-order valence-corrected chi connectivity index (χ0v) is 6.57. The fourth-order valence-electron chi connectivity index (χ4n) is 1.56. The van der Waals surface area contributed by atoms with Crippen molar-refractivity contribution in [3.8, 4) is 0 Å². The van der Waals surface area contributed by atoms with Crippen LogP contribution >= 0.6 is 0 Å². The summed E-state index contributed by atoms with van der Waals surface area (Å²) < 4.78 is 0. The van der Waals surface area contributed by atoms with E-state index in [1.54, 1.807) is 0 Å². The molecular weight excluding hydrogens is 140 g/mol. The van der Waals surface area contributed by atoms with Crippen molar-refractivity contribution < 1.29 is 0 Å². The van der Waals surface area contributed by atoms with Gasteiger partial charge in [0.05, 0.1) is 12.1 Å². The van der Waals surface area contributed by atoms with E-state index in [-0.39, 0.29) is 0 Å². The van der Waals surface area contributed by atoms with Gasteiger partial charge in [0.2, 0.25) is 0 Å². The Morgan fingerprint density at radius 1 is 1.45 bits per heavy atom. The normalized spacial score (nSPS) is 34.8. The number of hydrogen-bond acceptors (Lipinski definition) is 4. The van der Waals surface area contributed by atoms with Crippen molar-refractivity contribution in [1.82, 2.24) is 10.4 Å². The molecule has 0 saturated heterocycles. The predicted octanol–water partition coefficient (Wildman–Crippen LogP) is 0.0240. The molecule has 0 aromatic heterocycles. The first-order valence-corrected chi connectivity index (χ1v) is 3.90. The van der Waals surface area contributed by atoms with Gasteiger partial charge in [0.1, 0.15) is 0 Å². The van der Waals surface area contributed by atoms with E-state index in [0.29, 0.717) is 12.1 Å². The van der Waals surface area contributed by atoms with Gasteiger partial charge in [0.25, 0.3) is 0 Å². The highest BCUT2D eigenvalue weighted by molar-refractivity contribution is 5.63. The van der Waals surface area contributed by atoms with E-state index < -0.39 is 0 Å². The van der Waals surface area contributed by atoms with Crippen LogP contribution in [0.3, 0.4) is 0 Å². The number of hydrogen-bond donors (Lipinski definition) is 1. The van der Waals surface area contributed by atoms with Gasteiger partial charge in [-0.3, -0.25) is 5.01 Å². The van der Waals surface area contributed by atoms with Crippen LogP contribution in [-0.4, -0.2) is 36.6 Å². The van der Waals surface area contributed by atoms with Gasteiger partial charge in [-0.15, -0.1) is 0 Å². The van der Waals surface area contributed by atoms with Gasteiger partial charge in [-0.1, -0.05) is 0 Å². The highest BCUT2D eigenvalue weighted by atomic mass is 15.5. The molecule has 0 radical (unpaired) electrons. The van der Waals surface area contributed by atoms with E-state index in [1.165, 1.54) is 0 Å². The second kappa shape index (κ2) is 2.53. The van der Waals surface area contributed by atoms with Crippen molar-refractivity contribution in [3.63, 3.8) is 0 Å². The van der Waals surface area contributed by atoms with Crippen LogP contribution in [0.4, 0.5) is 0 Å². The van der Waals surface area contributed by atoms with Gasteiger partial charge in [0, 0.05) is 32.3 Å². The summed E-state index contributed by atoms with van der Waals surface area (Å²) in [4.78, 5) is 0. The Labute approximate surface area is 66.0 Å². The first-order valence-electron chi connectivity index (χ1n) is 3.90. The SMILES string of the molecule is CN1N=CC[C@@H]1C1CC=NN1. The quantitative estimate of drug-likeness (QED) is 0.575. The molecule has 0 saturated carbocycles. The average Bonchev–Trinajstić information content (AvgIpc) is 2.55. The summed E-state index contributed by atoms with van der Waals surface area (Å²) in [6.45, 7) is 0. The summed E-state index contributed by atoms with van der Waals surface area (Å²) in [5, 5.41) is 10.2. The maximum absolute atomic E-state index is 4.17. The van der Waals surface area contributed by atoms with Gasteiger partial charge in [0.15, 0.2) is 0 Å². The van der Waals surface area contributed by atoms with Crippen molar-refractivity contribution in [2.24, 2.45) is 10.2 Å². The molecule has 11 heavy (non-hydrogen) atoms. The average molecular weight is 152 g/mol. The molecule has 0 bridgehead atoms. The summed E-state index contributed by atoms with van der Waals surface area (Å²) in [6, 6.07) is 0.958. The van der Waals surface area contributed by atoms with Gasteiger partial charge >= 0.3 is 0 Å². The molecule has 2 atom stereocenters. The van der Waals surface area contributed by atoms with Crippen molar-refractivity contribution in [2.75, 3.05) is 7.05 Å². The maximum Gasteiger partial charge on any atom is 0.0738 e. The monoisotopic (exact) mass is 152 g/mol. The Kier molecular flexibility index (Phi) is 1.52. The third-order valence-electron chi connectivity index (χ3n) is 2.25. The van der Waals surface area contributed by atoms with Crippen LogP contribution in [0.1, 0.15) is 12.8 Å². The van der Waals surface area contributed by atoms with Gasteiger partial charge in [-0.2, -0.15) is 10.2 Å². The lowest BCUT2D eigenvalue weighted by Gasteiger charge is -2.24. The van der Waals surface area contributed by atoms with E-state index in [4.69, 9.17) is 0 Å². The minimum absolute atomic E-state index is 0.461. The predicted molar refractivity (Wildman–Crippen MR) is 44.7 cm³/mol. The molecule has 0 fully saturated rings. The highest BCUT2D eigenvalue weighted by Crippen LogP contribution is 2.15. The van der Waals surface area contributed by atoms with Gasteiger partial charge in [-0.25, -0.2) is 0 Å². The Morgan fingerprint density at radius 2 is 2.36 bits per heavy atom. The summed E-state index contributed by atoms with van der Waals surface area (Å²) in [7, 11) is 2.01. The smallest absolute Gasteiger partial charge is 0.0738 e. The first kappa shape index (κ1) is 6.64. The topological polar surface area (TPSA) is 40.0 Å². The minimum Gasteiger partial charge on any atom is -0.305 e. The van der Waals surface area contributed by atoms with Crippen LogP contribution in [0, 0.1) is 0 Å². The molecule has 4 heteroatoms. The number of likely N-dealkylation sites (N-methyl/N-ethyl adjacent to an activating group) is 1. The lowest BCUT2D eigenvalue weighted by Crippen LogP contribution is -2.40. The molecule has 4 nitrogen and oxygen atoms in total. The zero-order chi connectivity index (χ0) is 7.68. The second-order valence-electron chi connectivity index (χ2n) is 2.96. The fourth-order valence-corrected chi connectivity index (χ4v) is 1.56. The number of hydrazone groups is 2. The molecule has 0 aromatic rings. The van der Waals surface area contributed by atoms with E-state index in [2.05, 4.69) is 15.6 Å². The van der Waals surface area contributed by atoms with Crippen LogP contribution < -0.4 is 5.43 Å². The minimum atomic E-state index is 0.461. The first-order chi connectivity index (χ1) is 5.38. The molecule has 2 rings (SSSR count). The Balaban J connectivity index is 1.95. The van der Waals surface area contributed by atoms with Crippen molar-refractivity contribution in [2.45, 2.75) is 24.9 Å². The molecule has 60 valence electrons. The summed E-state index contributed by atoms with van der Waals surface area (Å²) in [6.07, 6.45) is 5.96.